The highest BCUT2D eigenvalue weighted by Gasteiger charge is 2.06. The van der Waals surface area contributed by atoms with E-state index in [1.807, 2.05) is 4.72 Å². The van der Waals surface area contributed by atoms with E-state index in [0.717, 1.165) is 6.26 Å². The van der Waals surface area contributed by atoms with Crippen LogP contribution in [0, 0.1) is 0 Å². The smallest absolute Gasteiger partial charge is 0.233 e. The number of carbonyl (C=O) groups excluding carboxylic acids is 1. The number of nitrogens with one attached hydrogen (secondary N) is 1. The molecule has 0 rings (SSSR count). The average molecular weight is 236 g/mol. The Balaban J connectivity index is 3.61. The molecule has 0 saturated carbocycles. The average Bonchev–Trinajstić information content (AvgIpc) is 1.99. The third-order valence-corrected chi connectivity index (χ3v) is 2.00. The number of rotatable bonds is 6. The zero-order valence-corrected chi connectivity index (χ0v) is 9.38. The Hall–Kier alpha value is -1.31. The summed E-state index contributed by atoms with van der Waals surface area (Å²) in [6, 6.07) is 0. The molecule has 0 aromatic rings. The fraction of sp³-hybridized carbons (Fsp3) is 0.714. The van der Waals surface area contributed by atoms with Gasteiger partial charge < -0.3 is 11.5 Å². The Labute approximate surface area is 89.0 Å². The molecule has 0 spiro atoms. The Kier molecular flexibility index (Phi) is 5.68. The summed E-state index contributed by atoms with van der Waals surface area (Å²) in [4.78, 5) is 14.7. The van der Waals surface area contributed by atoms with Crippen LogP contribution in [0.1, 0.15) is 19.3 Å². The van der Waals surface area contributed by atoms with E-state index in [1.54, 1.807) is 0 Å². The molecular weight excluding hydrogens is 220 g/mol. The zero-order valence-electron chi connectivity index (χ0n) is 8.56. The summed E-state index contributed by atoms with van der Waals surface area (Å²) >= 11 is 0. The molecule has 0 saturated heterocycles. The van der Waals surface area contributed by atoms with Gasteiger partial charge in [-0.3, -0.25) is 14.5 Å². The molecule has 0 atom stereocenters. The molecule has 8 heteroatoms. The van der Waals surface area contributed by atoms with E-state index < -0.39 is 15.9 Å². The Morgan fingerprint density at radius 3 is 2.40 bits per heavy atom. The van der Waals surface area contributed by atoms with Crippen molar-refractivity contribution in [2.45, 2.75) is 19.3 Å². The highest BCUT2D eigenvalue weighted by atomic mass is 32.2. The van der Waals surface area contributed by atoms with E-state index in [-0.39, 0.29) is 12.4 Å². The molecule has 0 unspecified atom stereocenters. The summed E-state index contributed by atoms with van der Waals surface area (Å²) < 4.78 is 23.1. The molecule has 7 nitrogen and oxygen atoms in total. The van der Waals surface area contributed by atoms with Crippen LogP contribution >= 0.6 is 0 Å². The monoisotopic (exact) mass is 236 g/mol. The molecule has 0 heterocycles. The van der Waals surface area contributed by atoms with E-state index in [1.165, 1.54) is 0 Å². The van der Waals surface area contributed by atoms with Gasteiger partial charge in [-0.25, -0.2) is 8.42 Å². The second-order valence-corrected chi connectivity index (χ2v) is 4.81. The topological polar surface area (TPSA) is 128 Å². The van der Waals surface area contributed by atoms with Crippen molar-refractivity contribution in [2.24, 2.45) is 16.5 Å². The number of guanidine groups is 1. The molecule has 0 aromatic carbocycles. The zero-order chi connectivity index (χ0) is 11.9. The SMILES string of the molecule is CS(=O)(=O)NC(=O)CCCCN=C(N)N. The number of carbonyl (C=O) groups is 1. The van der Waals surface area contributed by atoms with Crippen LogP contribution in [0.15, 0.2) is 4.99 Å². The van der Waals surface area contributed by atoms with Crippen molar-refractivity contribution < 1.29 is 13.2 Å². The van der Waals surface area contributed by atoms with Crippen LogP contribution in [0.5, 0.6) is 0 Å². The summed E-state index contributed by atoms with van der Waals surface area (Å²) in [6.45, 7) is 0.439. The maximum absolute atomic E-state index is 11.0. The quantitative estimate of drug-likeness (QED) is 0.294. The second-order valence-electron chi connectivity index (χ2n) is 3.06. The van der Waals surface area contributed by atoms with Crippen molar-refractivity contribution in [2.75, 3.05) is 12.8 Å². The van der Waals surface area contributed by atoms with Crippen LogP contribution in [-0.4, -0.2) is 33.1 Å². The van der Waals surface area contributed by atoms with E-state index in [9.17, 15) is 13.2 Å². The van der Waals surface area contributed by atoms with E-state index in [0.29, 0.717) is 19.4 Å². The first kappa shape index (κ1) is 13.7. The number of sulfonamides is 1. The van der Waals surface area contributed by atoms with Crippen molar-refractivity contribution in [3.63, 3.8) is 0 Å². The van der Waals surface area contributed by atoms with Gasteiger partial charge in [-0.2, -0.15) is 0 Å². The highest BCUT2D eigenvalue weighted by Crippen LogP contribution is 1.96. The second kappa shape index (κ2) is 6.23. The molecule has 1 amide bonds. The van der Waals surface area contributed by atoms with Crippen LogP contribution < -0.4 is 16.2 Å². The van der Waals surface area contributed by atoms with Crippen LogP contribution in [0.25, 0.3) is 0 Å². The number of aliphatic imine (C=N–C) groups is 1. The summed E-state index contributed by atoms with van der Waals surface area (Å²) in [6.07, 6.45) is 2.25. The predicted molar refractivity (Wildman–Crippen MR) is 57.5 cm³/mol. The lowest BCUT2D eigenvalue weighted by Gasteiger charge is -2.01. The lowest BCUT2D eigenvalue weighted by Crippen LogP contribution is -2.29. The third-order valence-electron chi connectivity index (χ3n) is 1.41. The molecule has 0 radical (unpaired) electrons. The molecule has 0 fully saturated rings. The first-order chi connectivity index (χ1) is 6.81. The van der Waals surface area contributed by atoms with Crippen LogP contribution in [-0.2, 0) is 14.8 Å². The normalized spacial score (nSPS) is 10.7. The van der Waals surface area contributed by atoms with E-state index >= 15 is 0 Å². The predicted octanol–water partition coefficient (Wildman–Crippen LogP) is -1.49. The minimum Gasteiger partial charge on any atom is -0.370 e. The summed E-state index contributed by atoms with van der Waals surface area (Å²) in [5.74, 6) is -0.502. The summed E-state index contributed by atoms with van der Waals surface area (Å²) in [7, 11) is -3.45. The van der Waals surface area contributed by atoms with Gasteiger partial charge in [0, 0.05) is 13.0 Å². The van der Waals surface area contributed by atoms with Crippen molar-refractivity contribution in [1.82, 2.24) is 4.72 Å². The first-order valence-electron chi connectivity index (χ1n) is 4.37. The van der Waals surface area contributed by atoms with Gasteiger partial charge >= 0.3 is 0 Å². The third kappa shape index (κ3) is 10.6. The lowest BCUT2D eigenvalue weighted by atomic mass is 10.2. The van der Waals surface area contributed by atoms with Gasteiger partial charge in [0.05, 0.1) is 6.26 Å². The summed E-state index contributed by atoms with van der Waals surface area (Å²) in [5.41, 5.74) is 10.2. The van der Waals surface area contributed by atoms with Gasteiger partial charge in [0.15, 0.2) is 5.96 Å². The van der Waals surface area contributed by atoms with Crippen LogP contribution in [0.3, 0.4) is 0 Å². The largest absolute Gasteiger partial charge is 0.370 e. The van der Waals surface area contributed by atoms with Crippen molar-refractivity contribution >= 4 is 21.9 Å². The Morgan fingerprint density at radius 2 is 1.93 bits per heavy atom. The molecule has 5 N–H and O–H groups in total. The van der Waals surface area contributed by atoms with E-state index in [2.05, 4.69) is 4.99 Å². The number of nitrogens with two attached hydrogens (primary N) is 2. The van der Waals surface area contributed by atoms with Crippen molar-refractivity contribution in [1.29, 1.82) is 0 Å². The molecule has 0 aliphatic carbocycles. The molecule has 0 aromatic heterocycles. The molecular formula is C7H16N4O3S. The molecule has 0 aliphatic rings. The molecule has 0 aliphatic heterocycles. The van der Waals surface area contributed by atoms with Gasteiger partial charge in [0.25, 0.3) is 0 Å². The van der Waals surface area contributed by atoms with Gasteiger partial charge in [0.1, 0.15) is 0 Å². The number of nitrogens with zero attached hydrogens (tertiary/aromatic N) is 1. The first-order valence-corrected chi connectivity index (χ1v) is 6.26. The Morgan fingerprint density at radius 1 is 1.33 bits per heavy atom. The van der Waals surface area contributed by atoms with Crippen molar-refractivity contribution in [3.05, 3.63) is 0 Å². The molecule has 15 heavy (non-hydrogen) atoms. The van der Waals surface area contributed by atoms with E-state index in [4.69, 9.17) is 11.5 Å². The van der Waals surface area contributed by atoms with Gasteiger partial charge in [-0.1, -0.05) is 0 Å². The van der Waals surface area contributed by atoms with Crippen LogP contribution in [0.2, 0.25) is 0 Å². The van der Waals surface area contributed by atoms with Gasteiger partial charge in [-0.15, -0.1) is 0 Å². The van der Waals surface area contributed by atoms with Crippen LogP contribution in [0.4, 0.5) is 0 Å². The minimum absolute atomic E-state index is 0.00980. The van der Waals surface area contributed by atoms with Gasteiger partial charge in [-0.05, 0) is 12.8 Å². The number of hydrogen-bond acceptors (Lipinski definition) is 4. The van der Waals surface area contributed by atoms with Gasteiger partial charge in [0.2, 0.25) is 15.9 Å². The highest BCUT2D eigenvalue weighted by molar-refractivity contribution is 7.89. The van der Waals surface area contributed by atoms with Crippen molar-refractivity contribution in [3.8, 4) is 0 Å². The lowest BCUT2D eigenvalue weighted by molar-refractivity contribution is -0.119. The maximum Gasteiger partial charge on any atom is 0.233 e. The number of hydrogen-bond donors (Lipinski definition) is 3. The fourth-order valence-electron chi connectivity index (χ4n) is 0.863. The summed E-state index contributed by atoms with van der Waals surface area (Å²) in [5, 5.41) is 0. The number of unbranched alkanes of at least 4 members (excludes halogenated alkanes) is 1. The minimum atomic E-state index is -3.45. The Bertz CT molecular complexity index is 332. The standard InChI is InChI=1S/C7H16N4O3S/c1-15(13,14)11-6(12)4-2-3-5-10-7(8)9/h2-5H2,1H3,(H,11,12)(H4,8,9,10). The fourth-order valence-corrected chi connectivity index (χ4v) is 1.38. The maximum atomic E-state index is 11.0. The molecule has 88 valence electrons. The molecule has 0 bridgehead atoms. The number of amides is 1.